The molecule has 0 nitrogen and oxygen atoms in total. The van der Waals surface area contributed by atoms with Crippen molar-refractivity contribution in [3.63, 3.8) is 0 Å². The highest BCUT2D eigenvalue weighted by Crippen LogP contribution is 2.06. The van der Waals surface area contributed by atoms with Crippen molar-refractivity contribution in [2.24, 2.45) is 0 Å². The summed E-state index contributed by atoms with van der Waals surface area (Å²) in [4.78, 5) is 0. The molecule has 0 amide bonds. The molecule has 0 N–H and O–H groups in total. The zero-order valence-corrected chi connectivity index (χ0v) is 7.26. The van der Waals surface area contributed by atoms with Gasteiger partial charge in [-0.25, -0.2) is 0 Å². The van der Waals surface area contributed by atoms with E-state index >= 15 is 0 Å². The molecule has 0 unspecified atom stereocenters. The Kier molecular flexibility index (Phi) is 2.35. The molecule has 0 saturated heterocycles. The van der Waals surface area contributed by atoms with Gasteiger partial charge in [0.05, 0.1) is 0 Å². The summed E-state index contributed by atoms with van der Waals surface area (Å²) in [6.45, 7) is 2.04. The average molecular weight is 167 g/mol. The molecular weight excluding hydrogens is 160 g/mol. The second-order valence-corrected chi connectivity index (χ2v) is 3.23. The van der Waals surface area contributed by atoms with Crippen LogP contribution in [0, 0.1) is 6.92 Å². The smallest absolute Gasteiger partial charge is 0.0667 e. The van der Waals surface area contributed by atoms with E-state index in [1.165, 1.54) is 5.56 Å². The molecule has 1 rings (SSSR count). The van der Waals surface area contributed by atoms with E-state index in [2.05, 4.69) is 0 Å². The summed E-state index contributed by atoms with van der Waals surface area (Å²) in [6, 6.07) is 7.91. The summed E-state index contributed by atoms with van der Waals surface area (Å²) in [7, 11) is 0. The van der Waals surface area contributed by atoms with Gasteiger partial charge in [0.15, 0.2) is 0 Å². The van der Waals surface area contributed by atoms with Crippen molar-refractivity contribution >= 4 is 29.0 Å². The van der Waals surface area contributed by atoms with Crippen molar-refractivity contribution in [3.8, 4) is 0 Å². The lowest BCUT2D eigenvalue weighted by Gasteiger charge is -1.94. The molecular formula is C8H7S2. The monoisotopic (exact) mass is 167 g/mol. The van der Waals surface area contributed by atoms with E-state index in [4.69, 9.17) is 24.8 Å². The van der Waals surface area contributed by atoms with Crippen LogP contribution < -0.4 is 0 Å². The van der Waals surface area contributed by atoms with Crippen LogP contribution in [0.25, 0.3) is 0 Å². The Morgan fingerprint density at radius 3 is 2.10 bits per heavy atom. The third kappa shape index (κ3) is 1.75. The van der Waals surface area contributed by atoms with Gasteiger partial charge in [-0.15, -0.1) is 0 Å². The fourth-order valence-corrected chi connectivity index (χ4v) is 0.962. The van der Waals surface area contributed by atoms with E-state index < -0.39 is 0 Å². The number of benzene rings is 1. The Bertz CT molecular complexity index is 236. The molecule has 0 aromatic heterocycles. The minimum absolute atomic E-state index is 0.542. The number of thiocarbonyl (C=S) groups is 1. The van der Waals surface area contributed by atoms with Crippen molar-refractivity contribution in [3.05, 3.63) is 35.4 Å². The quantitative estimate of drug-likeness (QED) is 0.580. The predicted octanol–water partition coefficient (Wildman–Crippen LogP) is 2.87. The van der Waals surface area contributed by atoms with Crippen LogP contribution in [0.2, 0.25) is 0 Å². The Morgan fingerprint density at radius 2 is 1.70 bits per heavy atom. The van der Waals surface area contributed by atoms with Gasteiger partial charge in [0.25, 0.3) is 0 Å². The van der Waals surface area contributed by atoms with E-state index in [0.29, 0.717) is 4.20 Å². The van der Waals surface area contributed by atoms with Gasteiger partial charge >= 0.3 is 0 Å². The lowest BCUT2D eigenvalue weighted by molar-refractivity contribution is 1.47. The second-order valence-electron chi connectivity index (χ2n) is 2.15. The van der Waals surface area contributed by atoms with Gasteiger partial charge in [-0.2, -0.15) is 0 Å². The first kappa shape index (κ1) is 7.63. The van der Waals surface area contributed by atoms with E-state index in [0.717, 1.165) is 5.56 Å². The molecule has 1 aromatic carbocycles. The summed E-state index contributed by atoms with van der Waals surface area (Å²) in [5.74, 6) is 0. The standard InChI is InChI=1S/C8H7S2/c1-6-2-4-7(5-3-6)8(9)10/h2-5H,1H3. The first-order chi connectivity index (χ1) is 4.70. The van der Waals surface area contributed by atoms with Gasteiger partial charge in [-0.05, 0) is 6.92 Å². The van der Waals surface area contributed by atoms with Crippen molar-refractivity contribution in [2.45, 2.75) is 6.92 Å². The number of aryl methyl sites for hydroxylation is 1. The van der Waals surface area contributed by atoms with E-state index in [1.807, 2.05) is 31.2 Å². The second kappa shape index (κ2) is 3.08. The highest BCUT2D eigenvalue weighted by atomic mass is 32.1. The van der Waals surface area contributed by atoms with Gasteiger partial charge in [-0.3, -0.25) is 0 Å². The van der Waals surface area contributed by atoms with Crippen molar-refractivity contribution < 1.29 is 0 Å². The summed E-state index contributed by atoms with van der Waals surface area (Å²) in [5, 5.41) is 0. The Labute approximate surface area is 71.7 Å². The number of hydrogen-bond donors (Lipinski definition) is 0. The summed E-state index contributed by atoms with van der Waals surface area (Å²) >= 11 is 9.64. The Balaban J connectivity index is 3.00. The average Bonchev–Trinajstić information content (AvgIpc) is 1.88. The molecule has 0 aliphatic rings. The third-order valence-corrected chi connectivity index (χ3v) is 1.76. The molecule has 1 radical (unpaired) electrons. The Hall–Kier alpha value is -0.470. The van der Waals surface area contributed by atoms with Crippen molar-refractivity contribution in [2.75, 3.05) is 0 Å². The van der Waals surface area contributed by atoms with Crippen molar-refractivity contribution in [1.82, 2.24) is 0 Å². The minimum Gasteiger partial charge on any atom is -0.0667 e. The molecule has 0 spiro atoms. The zero-order valence-electron chi connectivity index (χ0n) is 5.63. The zero-order chi connectivity index (χ0) is 7.56. The molecule has 51 valence electrons. The van der Waals surface area contributed by atoms with Gasteiger partial charge in [0.2, 0.25) is 0 Å². The Morgan fingerprint density at radius 1 is 1.20 bits per heavy atom. The fraction of sp³-hybridized carbons (Fsp3) is 0.125. The molecule has 0 saturated carbocycles. The summed E-state index contributed by atoms with van der Waals surface area (Å²) in [5.41, 5.74) is 2.20. The molecule has 0 heterocycles. The maximum Gasteiger partial charge on any atom is 0.108 e. The van der Waals surface area contributed by atoms with Crippen LogP contribution in [0.4, 0.5) is 0 Å². The van der Waals surface area contributed by atoms with E-state index in [-0.39, 0.29) is 0 Å². The summed E-state index contributed by atoms with van der Waals surface area (Å²) < 4.78 is 0.542. The van der Waals surface area contributed by atoms with E-state index in [9.17, 15) is 0 Å². The molecule has 0 fully saturated rings. The lowest BCUT2D eigenvalue weighted by Crippen LogP contribution is -1.85. The first-order valence-corrected chi connectivity index (χ1v) is 3.80. The van der Waals surface area contributed by atoms with Gasteiger partial charge < -0.3 is 0 Å². The first-order valence-electron chi connectivity index (χ1n) is 2.98. The fourth-order valence-electron chi connectivity index (χ4n) is 0.690. The van der Waals surface area contributed by atoms with Crippen LogP contribution >= 0.6 is 24.8 Å². The summed E-state index contributed by atoms with van der Waals surface area (Å²) in [6.07, 6.45) is 0. The van der Waals surface area contributed by atoms with Gasteiger partial charge in [-0.1, -0.05) is 54.7 Å². The van der Waals surface area contributed by atoms with Crippen LogP contribution in [-0.2, 0) is 0 Å². The predicted molar refractivity (Wildman–Crippen MR) is 50.5 cm³/mol. The maximum absolute atomic E-state index is 4.82. The molecule has 1 aromatic rings. The normalized spacial score (nSPS) is 9.30. The molecule has 10 heavy (non-hydrogen) atoms. The number of rotatable bonds is 1. The van der Waals surface area contributed by atoms with Crippen LogP contribution in [-0.4, -0.2) is 4.20 Å². The van der Waals surface area contributed by atoms with Crippen molar-refractivity contribution in [1.29, 1.82) is 0 Å². The van der Waals surface area contributed by atoms with Crippen LogP contribution in [0.1, 0.15) is 11.1 Å². The molecule has 2 heteroatoms. The van der Waals surface area contributed by atoms with Gasteiger partial charge in [0, 0.05) is 5.56 Å². The highest BCUT2D eigenvalue weighted by Gasteiger charge is 1.93. The van der Waals surface area contributed by atoms with Crippen LogP contribution in [0.5, 0.6) is 0 Å². The molecule has 0 aliphatic heterocycles. The highest BCUT2D eigenvalue weighted by molar-refractivity contribution is 8.11. The number of hydrogen-bond acceptors (Lipinski definition) is 1. The lowest BCUT2D eigenvalue weighted by atomic mass is 10.2. The minimum atomic E-state index is 0.542. The largest absolute Gasteiger partial charge is 0.108 e. The van der Waals surface area contributed by atoms with Crippen LogP contribution in [0.3, 0.4) is 0 Å². The molecule has 0 atom stereocenters. The topological polar surface area (TPSA) is 0 Å². The molecule has 0 bridgehead atoms. The maximum atomic E-state index is 4.82. The third-order valence-electron chi connectivity index (χ3n) is 1.29. The SMILES string of the molecule is Cc1ccc(C([S])=S)cc1. The van der Waals surface area contributed by atoms with E-state index in [1.54, 1.807) is 0 Å². The van der Waals surface area contributed by atoms with Gasteiger partial charge in [0.1, 0.15) is 4.20 Å². The van der Waals surface area contributed by atoms with Crippen LogP contribution in [0.15, 0.2) is 24.3 Å². The molecule has 0 aliphatic carbocycles.